The summed E-state index contributed by atoms with van der Waals surface area (Å²) < 4.78 is 10.5. The number of para-hydroxylation sites is 2. The minimum absolute atomic E-state index is 0.0207. The van der Waals surface area contributed by atoms with Crippen LogP contribution in [0, 0.1) is 0 Å². The van der Waals surface area contributed by atoms with Gasteiger partial charge in [-0.05, 0) is 43.3 Å². The van der Waals surface area contributed by atoms with E-state index in [9.17, 15) is 4.79 Å². The zero-order valence-electron chi connectivity index (χ0n) is 16.2. The number of ether oxygens (including phenoxy) is 2. The van der Waals surface area contributed by atoms with Crippen molar-refractivity contribution in [2.24, 2.45) is 0 Å². The molecule has 2 N–H and O–H groups in total. The SMILES string of the molecule is COc1ccc(N2CC[NH+]([C@H](C)C(=O)Nc3ccccc3OC)CC2)cc1. The molecule has 0 aromatic heterocycles. The minimum Gasteiger partial charge on any atom is -0.497 e. The number of piperazine rings is 1. The van der Waals surface area contributed by atoms with Gasteiger partial charge in [0.1, 0.15) is 11.5 Å². The maximum atomic E-state index is 12.7. The maximum Gasteiger partial charge on any atom is 0.282 e. The second kappa shape index (κ2) is 8.77. The zero-order valence-corrected chi connectivity index (χ0v) is 16.2. The number of hydrogen-bond acceptors (Lipinski definition) is 4. The lowest BCUT2D eigenvalue weighted by Gasteiger charge is -2.36. The summed E-state index contributed by atoms with van der Waals surface area (Å²) in [6, 6.07) is 15.5. The van der Waals surface area contributed by atoms with Crippen molar-refractivity contribution in [3.8, 4) is 11.5 Å². The summed E-state index contributed by atoms with van der Waals surface area (Å²) in [6.07, 6.45) is 0. The number of rotatable bonds is 6. The molecule has 0 saturated carbocycles. The molecule has 3 rings (SSSR count). The molecule has 0 unspecified atom stereocenters. The highest BCUT2D eigenvalue weighted by atomic mass is 16.5. The van der Waals surface area contributed by atoms with Crippen LogP contribution in [0.4, 0.5) is 11.4 Å². The van der Waals surface area contributed by atoms with Crippen molar-refractivity contribution in [2.45, 2.75) is 13.0 Å². The Hall–Kier alpha value is -2.73. The number of carbonyl (C=O) groups is 1. The molecule has 1 atom stereocenters. The first-order chi connectivity index (χ1) is 13.1. The Labute approximate surface area is 160 Å². The molecular formula is C21H28N3O3+. The van der Waals surface area contributed by atoms with Crippen LogP contribution in [-0.2, 0) is 4.79 Å². The van der Waals surface area contributed by atoms with Crippen LogP contribution in [0.15, 0.2) is 48.5 Å². The topological polar surface area (TPSA) is 55.2 Å². The van der Waals surface area contributed by atoms with E-state index in [-0.39, 0.29) is 11.9 Å². The second-order valence-corrected chi connectivity index (χ2v) is 6.75. The van der Waals surface area contributed by atoms with Gasteiger partial charge in [0.2, 0.25) is 0 Å². The molecule has 0 aliphatic carbocycles. The van der Waals surface area contributed by atoms with Crippen LogP contribution in [0.1, 0.15) is 6.92 Å². The molecule has 144 valence electrons. The van der Waals surface area contributed by atoms with Gasteiger partial charge >= 0.3 is 0 Å². The van der Waals surface area contributed by atoms with Crippen LogP contribution in [0.3, 0.4) is 0 Å². The van der Waals surface area contributed by atoms with Crippen molar-refractivity contribution < 1.29 is 19.2 Å². The van der Waals surface area contributed by atoms with Crippen molar-refractivity contribution >= 4 is 17.3 Å². The summed E-state index contributed by atoms with van der Waals surface area (Å²) in [5, 5.41) is 3.00. The Balaban J connectivity index is 1.55. The largest absolute Gasteiger partial charge is 0.497 e. The maximum absolute atomic E-state index is 12.7. The molecule has 6 heteroatoms. The van der Waals surface area contributed by atoms with Crippen LogP contribution in [-0.4, -0.2) is 52.3 Å². The molecule has 2 aromatic rings. The molecule has 1 aliphatic heterocycles. The van der Waals surface area contributed by atoms with Gasteiger partial charge in [-0.3, -0.25) is 4.79 Å². The van der Waals surface area contributed by atoms with E-state index in [0.29, 0.717) is 11.4 Å². The van der Waals surface area contributed by atoms with Crippen molar-refractivity contribution in [3.63, 3.8) is 0 Å². The lowest BCUT2D eigenvalue weighted by molar-refractivity contribution is -0.914. The number of hydrogen-bond donors (Lipinski definition) is 2. The summed E-state index contributed by atoms with van der Waals surface area (Å²) in [6.45, 7) is 5.68. The number of anilines is 2. The first-order valence-electron chi connectivity index (χ1n) is 9.30. The van der Waals surface area contributed by atoms with Crippen molar-refractivity contribution in [1.29, 1.82) is 0 Å². The van der Waals surface area contributed by atoms with Gasteiger partial charge in [0.05, 0.1) is 46.1 Å². The number of nitrogens with one attached hydrogen (secondary N) is 2. The Morgan fingerprint density at radius 1 is 1.04 bits per heavy atom. The third kappa shape index (κ3) is 4.52. The molecule has 0 radical (unpaired) electrons. The van der Waals surface area contributed by atoms with Crippen LogP contribution in [0.25, 0.3) is 0 Å². The lowest BCUT2D eigenvalue weighted by atomic mass is 10.2. The van der Waals surface area contributed by atoms with E-state index in [2.05, 4.69) is 22.3 Å². The Morgan fingerprint density at radius 3 is 2.33 bits per heavy atom. The molecular weight excluding hydrogens is 342 g/mol. The van der Waals surface area contributed by atoms with Gasteiger partial charge in [-0.15, -0.1) is 0 Å². The Morgan fingerprint density at radius 2 is 1.70 bits per heavy atom. The quantitative estimate of drug-likeness (QED) is 0.808. The van der Waals surface area contributed by atoms with Gasteiger partial charge in [-0.2, -0.15) is 0 Å². The van der Waals surface area contributed by atoms with Gasteiger partial charge < -0.3 is 24.6 Å². The molecule has 1 amide bonds. The average Bonchev–Trinajstić information content (AvgIpc) is 2.73. The van der Waals surface area contributed by atoms with E-state index < -0.39 is 0 Å². The van der Waals surface area contributed by atoms with Gasteiger partial charge in [-0.1, -0.05) is 12.1 Å². The first-order valence-corrected chi connectivity index (χ1v) is 9.30. The highest BCUT2D eigenvalue weighted by molar-refractivity contribution is 5.94. The fraction of sp³-hybridized carbons (Fsp3) is 0.381. The molecule has 1 aliphatic rings. The van der Waals surface area contributed by atoms with Crippen LogP contribution < -0.4 is 24.6 Å². The Bertz CT molecular complexity index is 756. The molecule has 0 spiro atoms. The van der Waals surface area contributed by atoms with Gasteiger partial charge in [0, 0.05) is 5.69 Å². The second-order valence-electron chi connectivity index (χ2n) is 6.75. The molecule has 0 bridgehead atoms. The van der Waals surface area contributed by atoms with Crippen molar-refractivity contribution in [1.82, 2.24) is 0 Å². The number of carbonyl (C=O) groups excluding carboxylic acids is 1. The third-order valence-electron chi connectivity index (χ3n) is 5.21. The standard InChI is InChI=1S/C21H27N3O3/c1-16(21(25)22-19-6-4-5-7-20(19)27-3)23-12-14-24(15-13-23)17-8-10-18(26-2)11-9-17/h4-11,16H,12-15H2,1-3H3,(H,22,25)/p+1/t16-/m1/s1. The fourth-order valence-corrected chi connectivity index (χ4v) is 3.45. The highest BCUT2D eigenvalue weighted by Gasteiger charge is 2.29. The van der Waals surface area contributed by atoms with Crippen LogP contribution in [0.2, 0.25) is 0 Å². The van der Waals surface area contributed by atoms with E-state index >= 15 is 0 Å². The molecule has 1 fully saturated rings. The third-order valence-corrected chi connectivity index (χ3v) is 5.21. The molecule has 1 heterocycles. The van der Waals surface area contributed by atoms with Gasteiger partial charge in [0.15, 0.2) is 6.04 Å². The molecule has 6 nitrogen and oxygen atoms in total. The predicted octanol–water partition coefficient (Wildman–Crippen LogP) is 1.44. The lowest BCUT2D eigenvalue weighted by Crippen LogP contribution is -3.19. The number of amides is 1. The van der Waals surface area contributed by atoms with E-state index in [1.54, 1.807) is 14.2 Å². The number of benzene rings is 2. The normalized spacial score (nSPS) is 15.9. The van der Waals surface area contributed by atoms with Crippen molar-refractivity contribution in [2.75, 3.05) is 50.6 Å². The number of nitrogens with zero attached hydrogens (tertiary/aromatic N) is 1. The summed E-state index contributed by atoms with van der Waals surface area (Å²) >= 11 is 0. The van der Waals surface area contributed by atoms with Gasteiger partial charge in [0.25, 0.3) is 5.91 Å². The average molecular weight is 370 g/mol. The van der Waals surface area contributed by atoms with E-state index in [4.69, 9.17) is 9.47 Å². The summed E-state index contributed by atoms with van der Waals surface area (Å²) in [4.78, 5) is 16.3. The van der Waals surface area contributed by atoms with E-state index in [0.717, 1.165) is 31.9 Å². The monoisotopic (exact) mass is 370 g/mol. The Kier molecular flexibility index (Phi) is 6.19. The smallest absolute Gasteiger partial charge is 0.282 e. The first kappa shape index (κ1) is 19.0. The predicted molar refractivity (Wildman–Crippen MR) is 107 cm³/mol. The summed E-state index contributed by atoms with van der Waals surface area (Å²) in [5.74, 6) is 1.56. The molecule has 2 aromatic carbocycles. The van der Waals surface area contributed by atoms with Crippen molar-refractivity contribution in [3.05, 3.63) is 48.5 Å². The van der Waals surface area contributed by atoms with E-state index in [1.165, 1.54) is 10.6 Å². The zero-order chi connectivity index (χ0) is 19.2. The molecule has 1 saturated heterocycles. The number of quaternary nitrogens is 1. The molecule has 27 heavy (non-hydrogen) atoms. The van der Waals surface area contributed by atoms with Crippen LogP contribution >= 0.6 is 0 Å². The summed E-state index contributed by atoms with van der Waals surface area (Å²) in [7, 11) is 3.28. The van der Waals surface area contributed by atoms with E-state index in [1.807, 2.05) is 43.3 Å². The minimum atomic E-state index is -0.118. The fourth-order valence-electron chi connectivity index (χ4n) is 3.45. The number of methoxy groups -OCH3 is 2. The highest BCUT2D eigenvalue weighted by Crippen LogP contribution is 2.23. The van der Waals surface area contributed by atoms with Crippen LogP contribution in [0.5, 0.6) is 11.5 Å². The van der Waals surface area contributed by atoms with Gasteiger partial charge in [-0.25, -0.2) is 0 Å². The summed E-state index contributed by atoms with van der Waals surface area (Å²) in [5.41, 5.74) is 1.91.